The standard InChI is InChI=1S/C13H22N2O2/c1-9(2)7-12(14)13(16)15(4)8-11-5-6-17-10(11)3/h5-6,9,12H,7-8,14H2,1-4H3/t12-/m1/s1. The van der Waals surface area contributed by atoms with Crippen LogP contribution in [0.5, 0.6) is 0 Å². The highest BCUT2D eigenvalue weighted by Gasteiger charge is 2.19. The summed E-state index contributed by atoms with van der Waals surface area (Å²) in [5, 5.41) is 0. The van der Waals surface area contributed by atoms with Gasteiger partial charge in [0.2, 0.25) is 5.91 Å². The van der Waals surface area contributed by atoms with Gasteiger partial charge in [0.1, 0.15) is 5.76 Å². The van der Waals surface area contributed by atoms with Crippen LogP contribution >= 0.6 is 0 Å². The van der Waals surface area contributed by atoms with Crippen LogP contribution in [0.25, 0.3) is 0 Å². The lowest BCUT2D eigenvalue weighted by Crippen LogP contribution is -2.42. The van der Waals surface area contributed by atoms with E-state index in [1.807, 2.05) is 13.0 Å². The second-order valence-corrected chi connectivity index (χ2v) is 4.93. The molecule has 2 N–H and O–H groups in total. The van der Waals surface area contributed by atoms with Crippen molar-refractivity contribution in [2.24, 2.45) is 11.7 Å². The summed E-state index contributed by atoms with van der Waals surface area (Å²) < 4.78 is 5.20. The minimum absolute atomic E-state index is 0.0145. The van der Waals surface area contributed by atoms with E-state index in [4.69, 9.17) is 10.2 Å². The second kappa shape index (κ2) is 5.87. The van der Waals surface area contributed by atoms with E-state index in [0.29, 0.717) is 18.9 Å². The third-order valence-electron chi connectivity index (χ3n) is 2.79. The van der Waals surface area contributed by atoms with E-state index in [-0.39, 0.29) is 5.91 Å². The molecule has 0 fully saturated rings. The van der Waals surface area contributed by atoms with Gasteiger partial charge in [-0.15, -0.1) is 0 Å². The highest BCUT2D eigenvalue weighted by atomic mass is 16.3. The lowest BCUT2D eigenvalue weighted by Gasteiger charge is -2.22. The molecule has 0 saturated heterocycles. The van der Waals surface area contributed by atoms with Crippen LogP contribution in [0, 0.1) is 12.8 Å². The maximum Gasteiger partial charge on any atom is 0.239 e. The molecule has 17 heavy (non-hydrogen) atoms. The molecule has 0 aliphatic rings. The number of nitrogens with zero attached hydrogens (tertiary/aromatic N) is 1. The zero-order chi connectivity index (χ0) is 13.0. The Morgan fingerprint density at radius 2 is 2.18 bits per heavy atom. The number of hydrogen-bond acceptors (Lipinski definition) is 3. The normalized spacial score (nSPS) is 12.8. The molecule has 4 heteroatoms. The van der Waals surface area contributed by atoms with Gasteiger partial charge in [-0.25, -0.2) is 0 Å². The van der Waals surface area contributed by atoms with Crippen LogP contribution < -0.4 is 5.73 Å². The van der Waals surface area contributed by atoms with E-state index < -0.39 is 6.04 Å². The van der Waals surface area contributed by atoms with Crippen molar-refractivity contribution in [3.8, 4) is 0 Å². The molecule has 4 nitrogen and oxygen atoms in total. The fraction of sp³-hybridized carbons (Fsp3) is 0.615. The van der Waals surface area contributed by atoms with Crippen LogP contribution in [-0.4, -0.2) is 23.9 Å². The van der Waals surface area contributed by atoms with Crippen LogP contribution in [0.3, 0.4) is 0 Å². The Hall–Kier alpha value is -1.29. The number of likely N-dealkylation sites (N-methyl/N-ethyl adjacent to an activating group) is 1. The van der Waals surface area contributed by atoms with E-state index in [1.165, 1.54) is 0 Å². The van der Waals surface area contributed by atoms with Crippen molar-refractivity contribution >= 4 is 5.91 Å². The number of carbonyl (C=O) groups excluding carboxylic acids is 1. The number of hydrogen-bond donors (Lipinski definition) is 1. The molecule has 0 radical (unpaired) electrons. The Balaban J connectivity index is 2.55. The van der Waals surface area contributed by atoms with Crippen LogP contribution in [0.15, 0.2) is 16.7 Å². The Bertz CT molecular complexity index is 371. The second-order valence-electron chi connectivity index (χ2n) is 4.93. The summed E-state index contributed by atoms with van der Waals surface area (Å²) in [6.07, 6.45) is 2.35. The van der Waals surface area contributed by atoms with Gasteiger partial charge in [-0.3, -0.25) is 4.79 Å². The SMILES string of the molecule is Cc1occc1CN(C)C(=O)[C@H](N)CC(C)C. The largest absolute Gasteiger partial charge is 0.469 e. The van der Waals surface area contributed by atoms with Gasteiger partial charge in [0.15, 0.2) is 0 Å². The maximum atomic E-state index is 12.0. The molecule has 1 aromatic rings. The van der Waals surface area contributed by atoms with Crippen LogP contribution in [0.4, 0.5) is 0 Å². The summed E-state index contributed by atoms with van der Waals surface area (Å²) in [5.74, 6) is 1.26. The minimum atomic E-state index is -0.410. The smallest absolute Gasteiger partial charge is 0.239 e. The first kappa shape index (κ1) is 13.8. The molecule has 0 aliphatic carbocycles. The fourth-order valence-electron chi connectivity index (χ4n) is 1.80. The van der Waals surface area contributed by atoms with Gasteiger partial charge < -0.3 is 15.1 Å². The molecular weight excluding hydrogens is 216 g/mol. The number of rotatable bonds is 5. The average molecular weight is 238 g/mol. The highest BCUT2D eigenvalue weighted by molar-refractivity contribution is 5.81. The van der Waals surface area contributed by atoms with Crippen molar-refractivity contribution in [1.82, 2.24) is 4.90 Å². The summed E-state index contributed by atoms with van der Waals surface area (Å²) in [4.78, 5) is 13.6. The van der Waals surface area contributed by atoms with Gasteiger partial charge in [-0.1, -0.05) is 13.8 Å². The van der Waals surface area contributed by atoms with Gasteiger partial charge in [-0.05, 0) is 25.3 Å². The lowest BCUT2D eigenvalue weighted by molar-refractivity contribution is -0.132. The molecule has 1 aromatic heterocycles. The molecule has 0 bridgehead atoms. The molecule has 0 saturated carbocycles. The van der Waals surface area contributed by atoms with E-state index in [2.05, 4.69) is 13.8 Å². The Morgan fingerprint density at radius 1 is 1.53 bits per heavy atom. The van der Waals surface area contributed by atoms with Gasteiger partial charge in [0, 0.05) is 19.2 Å². The van der Waals surface area contributed by atoms with Crippen LogP contribution in [0.1, 0.15) is 31.6 Å². The third-order valence-corrected chi connectivity index (χ3v) is 2.79. The molecule has 1 rings (SSSR count). The summed E-state index contributed by atoms with van der Waals surface area (Å²) in [6, 6.07) is 1.47. The third kappa shape index (κ3) is 3.89. The first-order chi connectivity index (χ1) is 7.91. The molecule has 96 valence electrons. The lowest BCUT2D eigenvalue weighted by atomic mass is 10.0. The van der Waals surface area contributed by atoms with Crippen LogP contribution in [0.2, 0.25) is 0 Å². The van der Waals surface area contributed by atoms with Crippen molar-refractivity contribution in [1.29, 1.82) is 0 Å². The van der Waals surface area contributed by atoms with Crippen molar-refractivity contribution in [2.45, 2.75) is 39.8 Å². The topological polar surface area (TPSA) is 59.5 Å². The molecule has 1 atom stereocenters. The monoisotopic (exact) mass is 238 g/mol. The molecule has 0 spiro atoms. The van der Waals surface area contributed by atoms with Gasteiger partial charge in [0.05, 0.1) is 12.3 Å². The predicted octanol–water partition coefficient (Wildman–Crippen LogP) is 1.92. The predicted molar refractivity (Wildman–Crippen MR) is 67.3 cm³/mol. The number of carbonyl (C=O) groups is 1. The van der Waals surface area contributed by atoms with Gasteiger partial charge in [0.25, 0.3) is 0 Å². The maximum absolute atomic E-state index is 12.0. The summed E-state index contributed by atoms with van der Waals surface area (Å²) >= 11 is 0. The summed E-state index contributed by atoms with van der Waals surface area (Å²) in [7, 11) is 1.77. The van der Waals surface area contributed by atoms with Crippen LogP contribution in [-0.2, 0) is 11.3 Å². The molecular formula is C13H22N2O2. The number of nitrogens with two attached hydrogens (primary N) is 1. The van der Waals surface area contributed by atoms with E-state index in [0.717, 1.165) is 11.3 Å². The van der Waals surface area contributed by atoms with Crippen molar-refractivity contribution in [2.75, 3.05) is 7.05 Å². The Labute approximate surface area is 103 Å². The molecule has 1 amide bonds. The molecule has 0 aromatic carbocycles. The van der Waals surface area contributed by atoms with E-state index >= 15 is 0 Å². The van der Waals surface area contributed by atoms with E-state index in [1.54, 1.807) is 18.2 Å². The highest BCUT2D eigenvalue weighted by Crippen LogP contribution is 2.12. The summed E-state index contributed by atoms with van der Waals surface area (Å²) in [5.41, 5.74) is 6.90. The molecule has 0 unspecified atom stereocenters. The zero-order valence-corrected chi connectivity index (χ0v) is 11.1. The number of amides is 1. The zero-order valence-electron chi connectivity index (χ0n) is 11.1. The average Bonchev–Trinajstić information content (AvgIpc) is 2.62. The van der Waals surface area contributed by atoms with Crippen molar-refractivity contribution in [3.63, 3.8) is 0 Å². The summed E-state index contributed by atoms with van der Waals surface area (Å²) in [6.45, 7) is 6.56. The van der Waals surface area contributed by atoms with Crippen molar-refractivity contribution in [3.05, 3.63) is 23.7 Å². The Morgan fingerprint density at radius 3 is 2.65 bits per heavy atom. The van der Waals surface area contributed by atoms with E-state index in [9.17, 15) is 4.79 Å². The van der Waals surface area contributed by atoms with Crippen molar-refractivity contribution < 1.29 is 9.21 Å². The molecule has 1 heterocycles. The van der Waals surface area contributed by atoms with Gasteiger partial charge in [-0.2, -0.15) is 0 Å². The minimum Gasteiger partial charge on any atom is -0.469 e. The first-order valence-corrected chi connectivity index (χ1v) is 5.95. The number of aryl methyl sites for hydroxylation is 1. The van der Waals surface area contributed by atoms with Gasteiger partial charge >= 0.3 is 0 Å². The number of furan rings is 1. The first-order valence-electron chi connectivity index (χ1n) is 5.95. The molecule has 0 aliphatic heterocycles. The fourth-order valence-corrected chi connectivity index (χ4v) is 1.80. The quantitative estimate of drug-likeness (QED) is 0.852. The Kier molecular flexibility index (Phi) is 4.75.